The number of benzene rings is 1. The summed E-state index contributed by atoms with van der Waals surface area (Å²) in [5.74, 6) is 1.32. The first kappa shape index (κ1) is 36.0. The predicted molar refractivity (Wildman–Crippen MR) is 138 cm³/mol. The van der Waals surface area contributed by atoms with Crippen molar-refractivity contribution >= 4 is 11.4 Å². The molecule has 2 N–H and O–H groups in total. The molecule has 1 aromatic carbocycles. The summed E-state index contributed by atoms with van der Waals surface area (Å²) in [6, 6.07) is 5.68. The number of ether oxygens (including phenoxy) is 1. The van der Waals surface area contributed by atoms with Gasteiger partial charge in [-0.1, -0.05) is 84.8 Å². The van der Waals surface area contributed by atoms with Crippen LogP contribution in [0.15, 0.2) is 34.0 Å². The summed E-state index contributed by atoms with van der Waals surface area (Å²) in [5.41, 5.74) is 6.94. The van der Waals surface area contributed by atoms with Gasteiger partial charge in [0.25, 0.3) is 0 Å². The molecule has 33 heavy (non-hydrogen) atoms. The van der Waals surface area contributed by atoms with Gasteiger partial charge in [0.05, 0.1) is 13.7 Å². The van der Waals surface area contributed by atoms with Crippen LogP contribution in [0.3, 0.4) is 0 Å². The molecule has 1 atom stereocenters. The monoisotopic (exact) mass is 682 g/mol. The average molecular weight is 683 g/mol. The number of nitrogens with two attached hydrogens (primary N) is 1. The van der Waals surface area contributed by atoms with Gasteiger partial charge in [-0.3, -0.25) is 4.39 Å². The fraction of sp³-hybridized carbons (Fsp3) is 0.556. The molecular formula is C27H43FN3OU-. The summed E-state index contributed by atoms with van der Waals surface area (Å²) in [6.07, 6.45) is 18.2. The number of rotatable bonds is 8. The predicted octanol–water partition coefficient (Wildman–Crippen LogP) is 6.98. The molecule has 0 spiro atoms. The van der Waals surface area contributed by atoms with E-state index in [9.17, 15) is 4.39 Å². The molecule has 1 unspecified atom stereocenters. The third kappa shape index (κ3) is 15.8. The van der Waals surface area contributed by atoms with Gasteiger partial charge in [-0.15, -0.1) is 25.0 Å². The first-order valence-electron chi connectivity index (χ1n) is 11.6. The molecular weight excluding hydrogens is 639 g/mol. The molecule has 1 heterocycles. The van der Waals surface area contributed by atoms with Crippen LogP contribution in [-0.2, 0) is 0 Å². The Morgan fingerprint density at radius 1 is 1.21 bits per heavy atom. The third-order valence-corrected chi connectivity index (χ3v) is 4.78. The molecule has 1 aliphatic rings. The van der Waals surface area contributed by atoms with Crippen molar-refractivity contribution in [3.05, 3.63) is 41.5 Å². The summed E-state index contributed by atoms with van der Waals surface area (Å²) in [4.78, 5) is 8.38. The fourth-order valence-electron chi connectivity index (χ4n) is 2.77. The van der Waals surface area contributed by atoms with Gasteiger partial charge in [0.15, 0.2) is 0 Å². The maximum Gasteiger partial charge on any atom is 0.120 e. The first-order chi connectivity index (χ1) is 15.4. The summed E-state index contributed by atoms with van der Waals surface area (Å²) in [7, 11) is 1.47. The second-order valence-electron chi connectivity index (χ2n) is 7.14. The van der Waals surface area contributed by atoms with Crippen LogP contribution in [0.5, 0.6) is 5.75 Å². The Balaban J connectivity index is -0.000000517. The molecule has 1 aromatic rings. The topological polar surface area (TPSA) is 60.0 Å². The zero-order chi connectivity index (χ0) is 24.9. The van der Waals surface area contributed by atoms with E-state index < -0.39 is 5.82 Å². The Kier molecular flexibility index (Phi) is 25.8. The minimum absolute atomic E-state index is 0. The number of methoxy groups -OCH3 is 1. The van der Waals surface area contributed by atoms with E-state index in [2.05, 4.69) is 49.7 Å². The molecule has 0 saturated carbocycles. The number of nitrogens with zero attached hydrogens (tertiary/aromatic N) is 2. The van der Waals surface area contributed by atoms with Crippen molar-refractivity contribution in [2.45, 2.75) is 80.1 Å². The Hall–Kier alpha value is -1.56. The molecule has 2 rings (SSSR count). The van der Waals surface area contributed by atoms with Gasteiger partial charge < -0.3 is 15.5 Å². The molecule has 0 fully saturated rings. The quantitative estimate of drug-likeness (QED) is 0.183. The van der Waals surface area contributed by atoms with Gasteiger partial charge in [-0.2, -0.15) is 0 Å². The molecule has 4 nitrogen and oxygen atoms in total. The van der Waals surface area contributed by atoms with Gasteiger partial charge in [0, 0.05) is 54.1 Å². The van der Waals surface area contributed by atoms with E-state index in [4.69, 9.17) is 10.5 Å². The molecule has 0 aliphatic carbocycles. The zero-order valence-electron chi connectivity index (χ0n) is 21.7. The van der Waals surface area contributed by atoms with Crippen molar-refractivity contribution in [1.82, 2.24) is 0 Å². The van der Waals surface area contributed by atoms with Crippen LogP contribution in [0.25, 0.3) is 0 Å². The van der Waals surface area contributed by atoms with E-state index >= 15 is 0 Å². The van der Waals surface area contributed by atoms with Crippen molar-refractivity contribution in [1.29, 1.82) is 0 Å². The molecule has 0 saturated heterocycles. The number of halogens is 1. The minimum atomic E-state index is -0.442. The van der Waals surface area contributed by atoms with Crippen LogP contribution in [0.4, 0.5) is 4.39 Å². The Labute approximate surface area is 226 Å². The van der Waals surface area contributed by atoms with Crippen LogP contribution in [0, 0.1) is 61.8 Å². The van der Waals surface area contributed by atoms with Crippen molar-refractivity contribution in [2.24, 2.45) is 21.6 Å². The molecule has 0 aromatic heterocycles. The number of hydrogen-bond acceptors (Lipinski definition) is 4. The minimum Gasteiger partial charge on any atom is -0.540 e. The fourth-order valence-corrected chi connectivity index (χ4v) is 2.77. The second kappa shape index (κ2) is 23.6. The summed E-state index contributed by atoms with van der Waals surface area (Å²) in [5, 5.41) is 0. The Morgan fingerprint density at radius 2 is 1.85 bits per heavy atom. The van der Waals surface area contributed by atoms with Crippen LogP contribution in [0.2, 0.25) is 0 Å². The molecule has 0 amide bonds. The Morgan fingerprint density at radius 3 is 2.36 bits per heavy atom. The number of terminal acetylenes is 1. The van der Waals surface area contributed by atoms with Gasteiger partial charge >= 0.3 is 0 Å². The van der Waals surface area contributed by atoms with Crippen molar-refractivity contribution in [3.63, 3.8) is 0 Å². The van der Waals surface area contributed by atoms with Gasteiger partial charge in [0.1, 0.15) is 5.82 Å². The summed E-state index contributed by atoms with van der Waals surface area (Å²) in [6.45, 7) is 13.0. The number of hydrogen-bond donors (Lipinski definition) is 1. The first-order valence-corrected chi connectivity index (χ1v) is 11.6. The van der Waals surface area contributed by atoms with E-state index in [1.807, 2.05) is 13.8 Å². The molecule has 0 bridgehead atoms. The van der Waals surface area contributed by atoms with E-state index in [-0.39, 0.29) is 36.7 Å². The Bertz CT molecular complexity index is 742. The maximum atomic E-state index is 13.9. The summed E-state index contributed by atoms with van der Waals surface area (Å²) >= 11 is 0. The third-order valence-electron chi connectivity index (χ3n) is 4.78. The van der Waals surface area contributed by atoms with Crippen LogP contribution in [-0.4, -0.2) is 25.1 Å². The second-order valence-corrected chi connectivity index (χ2v) is 7.14. The SMILES string of the molecule is C#C.CC.CCCCCCC(C)CC.COc1c[c-]c(C2=NCC=C(N)N=C2C)c(F)c1.[U]. The van der Waals surface area contributed by atoms with Crippen LogP contribution in [0.1, 0.15) is 85.6 Å². The van der Waals surface area contributed by atoms with Gasteiger partial charge in [0.2, 0.25) is 0 Å². The van der Waals surface area contributed by atoms with Gasteiger partial charge in [-0.25, -0.2) is 4.99 Å². The van der Waals surface area contributed by atoms with Crippen LogP contribution >= 0.6 is 0 Å². The van der Waals surface area contributed by atoms with Crippen LogP contribution < -0.4 is 10.5 Å². The van der Waals surface area contributed by atoms with E-state index in [0.717, 1.165) is 5.92 Å². The van der Waals surface area contributed by atoms with Gasteiger partial charge in [-0.05, 0) is 18.9 Å². The van der Waals surface area contributed by atoms with Crippen molar-refractivity contribution in [2.75, 3.05) is 13.7 Å². The molecule has 6 heteroatoms. The number of aliphatic imine (C=N–C) groups is 2. The normalized spacial score (nSPS) is 12.7. The smallest absolute Gasteiger partial charge is 0.120 e. The average Bonchev–Trinajstić information content (AvgIpc) is 2.99. The largest absolute Gasteiger partial charge is 0.540 e. The van der Waals surface area contributed by atoms with E-state index in [1.165, 1.54) is 51.7 Å². The molecule has 184 valence electrons. The summed E-state index contributed by atoms with van der Waals surface area (Å²) < 4.78 is 18.9. The molecule has 0 radical (unpaired) electrons. The zero-order valence-corrected chi connectivity index (χ0v) is 25.8. The van der Waals surface area contributed by atoms with Crippen molar-refractivity contribution < 1.29 is 40.2 Å². The van der Waals surface area contributed by atoms with E-state index in [1.54, 1.807) is 19.1 Å². The molecule has 1 aliphatic heterocycles. The maximum absolute atomic E-state index is 13.9. The van der Waals surface area contributed by atoms with E-state index in [0.29, 0.717) is 29.5 Å². The van der Waals surface area contributed by atoms with Crippen molar-refractivity contribution in [3.8, 4) is 18.6 Å². The standard InChI is InChI=1S/C13H13FN3O.C10H22.C2H6.C2H2.U/c1-8-13(16-6-5-12(15)17-8)10-4-3-9(18-2)7-11(10)14;1-4-6-7-8-9-10(3)5-2;2*1-2;/h3,5,7H,6,15H2,1-2H3;10H,4-9H2,1-3H3;1-2H3;1-2H;/q-1;;;;. The number of unbranched alkanes of at least 4 members (excludes halogenated alkanes) is 3.